The van der Waals surface area contributed by atoms with Gasteiger partial charge in [-0.05, 0) is 43.0 Å². The summed E-state index contributed by atoms with van der Waals surface area (Å²) in [6.07, 6.45) is 0.599. The number of anilines is 2. The maximum Gasteiger partial charge on any atom is 0.225 e. The van der Waals surface area contributed by atoms with Gasteiger partial charge in [-0.3, -0.25) is 0 Å². The summed E-state index contributed by atoms with van der Waals surface area (Å²) in [6, 6.07) is 17.0. The summed E-state index contributed by atoms with van der Waals surface area (Å²) in [5.74, 6) is 1.15. The Balaban J connectivity index is 1.60. The molecule has 5 heteroatoms. The molecule has 0 aliphatic rings. The van der Waals surface area contributed by atoms with Crippen LogP contribution >= 0.6 is 0 Å². The largest absolute Gasteiger partial charge is 0.370 e. The van der Waals surface area contributed by atoms with Crippen molar-refractivity contribution in [3.63, 3.8) is 0 Å². The number of aromatic nitrogens is 2. The van der Waals surface area contributed by atoms with E-state index in [0.717, 1.165) is 11.5 Å². The summed E-state index contributed by atoms with van der Waals surface area (Å²) < 4.78 is 13.7. The lowest BCUT2D eigenvalue weighted by atomic mass is 10.1. The molecule has 0 aliphatic carbocycles. The highest BCUT2D eigenvalue weighted by atomic mass is 19.1. The SMILES string of the molecule is Cc1cc(NCCc2ccccc2F)nc(NCc2ccccc2C)n1. The van der Waals surface area contributed by atoms with Crippen molar-refractivity contribution in [1.29, 1.82) is 0 Å². The second kappa shape index (κ2) is 8.43. The molecule has 3 aromatic rings. The molecule has 0 bridgehead atoms. The third-order valence-corrected chi connectivity index (χ3v) is 4.21. The highest BCUT2D eigenvalue weighted by Gasteiger charge is 2.05. The molecule has 26 heavy (non-hydrogen) atoms. The van der Waals surface area contributed by atoms with Crippen molar-refractivity contribution >= 4 is 11.8 Å². The molecule has 0 saturated carbocycles. The highest BCUT2D eigenvalue weighted by molar-refractivity contribution is 5.43. The van der Waals surface area contributed by atoms with Gasteiger partial charge in [-0.15, -0.1) is 0 Å². The van der Waals surface area contributed by atoms with Gasteiger partial charge in [-0.1, -0.05) is 42.5 Å². The predicted octanol–water partition coefficient (Wildman–Crippen LogP) is 4.50. The first-order valence-corrected chi connectivity index (χ1v) is 8.73. The average molecular weight is 350 g/mol. The Bertz CT molecular complexity index is 879. The first-order chi connectivity index (χ1) is 12.6. The molecule has 0 spiro atoms. The fourth-order valence-corrected chi connectivity index (χ4v) is 2.75. The van der Waals surface area contributed by atoms with Crippen molar-refractivity contribution < 1.29 is 4.39 Å². The van der Waals surface area contributed by atoms with Gasteiger partial charge in [-0.2, -0.15) is 4.98 Å². The molecule has 1 aromatic heterocycles. The number of benzene rings is 2. The van der Waals surface area contributed by atoms with Gasteiger partial charge in [0.1, 0.15) is 11.6 Å². The monoisotopic (exact) mass is 350 g/mol. The first kappa shape index (κ1) is 17.9. The van der Waals surface area contributed by atoms with Crippen LogP contribution in [0.5, 0.6) is 0 Å². The van der Waals surface area contributed by atoms with E-state index >= 15 is 0 Å². The van der Waals surface area contributed by atoms with Gasteiger partial charge in [0.25, 0.3) is 0 Å². The molecule has 0 unspecified atom stereocenters. The lowest BCUT2D eigenvalue weighted by Gasteiger charge is -2.11. The minimum absolute atomic E-state index is 0.172. The van der Waals surface area contributed by atoms with Crippen LogP contribution in [0.25, 0.3) is 0 Å². The molecule has 134 valence electrons. The number of aryl methyl sites for hydroxylation is 2. The molecule has 0 aliphatic heterocycles. The van der Waals surface area contributed by atoms with Gasteiger partial charge in [0.05, 0.1) is 0 Å². The van der Waals surface area contributed by atoms with Gasteiger partial charge in [0.15, 0.2) is 0 Å². The maximum atomic E-state index is 13.7. The van der Waals surface area contributed by atoms with Crippen molar-refractivity contribution in [2.45, 2.75) is 26.8 Å². The smallest absolute Gasteiger partial charge is 0.225 e. The second-order valence-corrected chi connectivity index (χ2v) is 6.27. The second-order valence-electron chi connectivity index (χ2n) is 6.27. The Kier molecular flexibility index (Phi) is 5.79. The summed E-state index contributed by atoms with van der Waals surface area (Å²) in [5.41, 5.74) is 4.02. The molecule has 3 rings (SSSR count). The maximum absolute atomic E-state index is 13.7. The van der Waals surface area contributed by atoms with Gasteiger partial charge < -0.3 is 10.6 Å². The number of halogens is 1. The number of nitrogens with one attached hydrogen (secondary N) is 2. The van der Waals surface area contributed by atoms with Crippen molar-refractivity contribution in [3.8, 4) is 0 Å². The average Bonchev–Trinajstić information content (AvgIpc) is 2.62. The van der Waals surface area contributed by atoms with Gasteiger partial charge in [0, 0.05) is 24.8 Å². The summed E-state index contributed by atoms with van der Waals surface area (Å²) in [7, 11) is 0. The normalized spacial score (nSPS) is 10.6. The van der Waals surface area contributed by atoms with Crippen LogP contribution < -0.4 is 10.6 Å². The van der Waals surface area contributed by atoms with E-state index in [4.69, 9.17) is 0 Å². The minimum Gasteiger partial charge on any atom is -0.370 e. The zero-order valence-electron chi connectivity index (χ0n) is 15.1. The molecule has 0 amide bonds. The fourth-order valence-electron chi connectivity index (χ4n) is 2.75. The number of nitrogens with zero attached hydrogens (tertiary/aromatic N) is 2. The van der Waals surface area contributed by atoms with Crippen LogP contribution in [0.2, 0.25) is 0 Å². The van der Waals surface area contributed by atoms with Crippen LogP contribution in [0.15, 0.2) is 54.6 Å². The molecule has 2 aromatic carbocycles. The van der Waals surface area contributed by atoms with Crippen LogP contribution in [-0.4, -0.2) is 16.5 Å². The van der Waals surface area contributed by atoms with Gasteiger partial charge in [-0.25, -0.2) is 9.37 Å². The van der Waals surface area contributed by atoms with Crippen LogP contribution in [0.3, 0.4) is 0 Å². The van der Waals surface area contributed by atoms with E-state index in [1.807, 2.05) is 31.2 Å². The van der Waals surface area contributed by atoms with Crippen molar-refractivity contribution in [1.82, 2.24) is 9.97 Å². The molecule has 4 nitrogen and oxygen atoms in total. The van der Waals surface area contributed by atoms with Crippen molar-refractivity contribution in [3.05, 3.63) is 82.8 Å². The van der Waals surface area contributed by atoms with Crippen molar-refractivity contribution in [2.75, 3.05) is 17.2 Å². The Morgan fingerprint density at radius 2 is 1.62 bits per heavy atom. The van der Waals surface area contributed by atoms with E-state index < -0.39 is 0 Å². The third kappa shape index (κ3) is 4.79. The molecule has 0 fully saturated rings. The minimum atomic E-state index is -0.172. The summed E-state index contributed by atoms with van der Waals surface area (Å²) in [5, 5.41) is 6.53. The quantitative estimate of drug-likeness (QED) is 0.659. The first-order valence-electron chi connectivity index (χ1n) is 8.73. The molecule has 2 N–H and O–H groups in total. The van der Waals surface area contributed by atoms with E-state index in [-0.39, 0.29) is 5.82 Å². The third-order valence-electron chi connectivity index (χ3n) is 4.21. The Morgan fingerprint density at radius 1 is 0.885 bits per heavy atom. The summed E-state index contributed by atoms with van der Waals surface area (Å²) in [6.45, 7) is 5.30. The number of rotatable bonds is 7. The fraction of sp³-hybridized carbons (Fsp3) is 0.238. The molecular formula is C21H23FN4. The Hall–Kier alpha value is -2.95. The number of hydrogen-bond acceptors (Lipinski definition) is 4. The van der Waals surface area contributed by atoms with E-state index in [2.05, 4.69) is 39.7 Å². The standard InChI is InChI=1S/C21H23FN4/c1-15-7-3-4-9-18(15)14-24-21-25-16(2)13-20(26-21)23-12-11-17-8-5-6-10-19(17)22/h3-10,13H,11-12,14H2,1-2H3,(H2,23,24,25,26). The Labute approximate surface area is 153 Å². The topological polar surface area (TPSA) is 49.8 Å². The Morgan fingerprint density at radius 3 is 2.38 bits per heavy atom. The van der Waals surface area contributed by atoms with Crippen molar-refractivity contribution in [2.24, 2.45) is 0 Å². The predicted molar refractivity (Wildman–Crippen MR) is 104 cm³/mol. The van der Waals surface area contributed by atoms with E-state index in [0.29, 0.717) is 31.0 Å². The van der Waals surface area contributed by atoms with Crippen LogP contribution in [0.4, 0.5) is 16.2 Å². The van der Waals surface area contributed by atoms with Gasteiger partial charge in [0.2, 0.25) is 5.95 Å². The zero-order valence-corrected chi connectivity index (χ0v) is 15.1. The van der Waals surface area contributed by atoms with E-state index in [1.54, 1.807) is 12.1 Å². The summed E-state index contributed by atoms with van der Waals surface area (Å²) in [4.78, 5) is 8.94. The van der Waals surface area contributed by atoms with Crippen LogP contribution in [0, 0.1) is 19.7 Å². The molecule has 0 atom stereocenters. The number of hydrogen-bond donors (Lipinski definition) is 2. The van der Waals surface area contributed by atoms with Crippen LogP contribution in [-0.2, 0) is 13.0 Å². The summed E-state index contributed by atoms with van der Waals surface area (Å²) >= 11 is 0. The highest BCUT2D eigenvalue weighted by Crippen LogP contribution is 2.13. The van der Waals surface area contributed by atoms with Gasteiger partial charge >= 0.3 is 0 Å². The van der Waals surface area contributed by atoms with E-state index in [9.17, 15) is 4.39 Å². The lowest BCUT2D eigenvalue weighted by molar-refractivity contribution is 0.610. The molecule has 0 radical (unpaired) electrons. The molecular weight excluding hydrogens is 327 g/mol. The van der Waals surface area contributed by atoms with Crippen LogP contribution in [0.1, 0.15) is 22.4 Å². The lowest BCUT2D eigenvalue weighted by Crippen LogP contribution is -2.11. The van der Waals surface area contributed by atoms with E-state index in [1.165, 1.54) is 17.2 Å². The zero-order chi connectivity index (χ0) is 18.4. The molecule has 0 saturated heterocycles. The molecule has 1 heterocycles.